The van der Waals surface area contributed by atoms with Gasteiger partial charge >= 0.3 is 0 Å². The zero-order valence-electron chi connectivity index (χ0n) is 11.8. The number of hydrogen-bond acceptors (Lipinski definition) is 2. The minimum atomic E-state index is 0.948. The molecule has 1 fully saturated rings. The van der Waals surface area contributed by atoms with Crippen molar-refractivity contribution in [1.29, 1.82) is 0 Å². The number of fused-ring (bicyclic) bond motifs is 1. The number of benzene rings is 1. The molecular weight excluding hydrogens is 246 g/mol. The second-order valence-corrected chi connectivity index (χ2v) is 6.19. The van der Waals surface area contributed by atoms with Crippen molar-refractivity contribution in [3.05, 3.63) is 53.3 Å². The maximum absolute atomic E-state index is 4.77. The van der Waals surface area contributed by atoms with Crippen molar-refractivity contribution < 1.29 is 0 Å². The Bertz CT molecular complexity index is 584. The molecule has 0 atom stereocenters. The number of hydrogen-bond donors (Lipinski definition) is 0. The average Bonchev–Trinajstić information content (AvgIpc) is 3.18. The van der Waals surface area contributed by atoms with E-state index in [1.54, 1.807) is 0 Å². The zero-order valence-corrected chi connectivity index (χ0v) is 11.8. The van der Waals surface area contributed by atoms with Crippen molar-refractivity contribution in [2.24, 2.45) is 5.92 Å². The van der Waals surface area contributed by atoms with Crippen molar-refractivity contribution in [3.63, 3.8) is 0 Å². The molecule has 1 aliphatic carbocycles. The minimum Gasteiger partial charge on any atom is -0.295 e. The number of nitrogens with zero attached hydrogens (tertiary/aromatic N) is 3. The second-order valence-electron chi connectivity index (χ2n) is 6.19. The van der Waals surface area contributed by atoms with Crippen LogP contribution in [0.2, 0.25) is 0 Å². The molecular formula is C17H21N3. The first kappa shape index (κ1) is 12.2. The Morgan fingerprint density at radius 3 is 2.75 bits per heavy atom. The SMILES string of the molecule is c1ccc(Cc2cc3n(n2)CCN(CC2CC2)C3)cc1. The van der Waals surface area contributed by atoms with Crippen molar-refractivity contribution in [2.45, 2.75) is 32.4 Å². The maximum Gasteiger partial charge on any atom is 0.0671 e. The van der Waals surface area contributed by atoms with Gasteiger partial charge in [-0.2, -0.15) is 5.10 Å². The van der Waals surface area contributed by atoms with Gasteiger partial charge in [0.05, 0.1) is 17.9 Å². The molecule has 0 radical (unpaired) electrons. The molecule has 3 nitrogen and oxygen atoms in total. The summed E-state index contributed by atoms with van der Waals surface area (Å²) in [5, 5.41) is 4.77. The first-order valence-corrected chi connectivity index (χ1v) is 7.69. The first-order valence-electron chi connectivity index (χ1n) is 7.69. The van der Waals surface area contributed by atoms with E-state index < -0.39 is 0 Å². The van der Waals surface area contributed by atoms with Crippen molar-refractivity contribution in [1.82, 2.24) is 14.7 Å². The molecule has 0 saturated heterocycles. The topological polar surface area (TPSA) is 21.1 Å². The first-order chi connectivity index (χ1) is 9.87. The van der Waals surface area contributed by atoms with Crippen LogP contribution >= 0.6 is 0 Å². The average molecular weight is 267 g/mol. The Kier molecular flexibility index (Phi) is 3.07. The fraction of sp³-hybridized carbons (Fsp3) is 0.471. The Labute approximate surface area is 120 Å². The van der Waals surface area contributed by atoms with E-state index in [2.05, 4.69) is 46.0 Å². The van der Waals surface area contributed by atoms with Gasteiger partial charge in [0, 0.05) is 26.1 Å². The fourth-order valence-corrected chi connectivity index (χ4v) is 3.09. The van der Waals surface area contributed by atoms with Crippen LogP contribution in [-0.2, 0) is 19.5 Å². The van der Waals surface area contributed by atoms with Crippen LogP contribution in [0.1, 0.15) is 29.8 Å². The smallest absolute Gasteiger partial charge is 0.0671 e. The maximum atomic E-state index is 4.77. The van der Waals surface area contributed by atoms with Crippen LogP contribution in [0.15, 0.2) is 36.4 Å². The highest BCUT2D eigenvalue weighted by molar-refractivity contribution is 5.23. The lowest BCUT2D eigenvalue weighted by Crippen LogP contribution is -2.35. The van der Waals surface area contributed by atoms with Crippen molar-refractivity contribution in [2.75, 3.05) is 13.1 Å². The minimum absolute atomic E-state index is 0.948. The summed E-state index contributed by atoms with van der Waals surface area (Å²) in [6.07, 6.45) is 3.83. The third-order valence-electron chi connectivity index (χ3n) is 4.37. The van der Waals surface area contributed by atoms with Gasteiger partial charge in [-0.25, -0.2) is 0 Å². The lowest BCUT2D eigenvalue weighted by Gasteiger charge is -2.27. The highest BCUT2D eigenvalue weighted by Gasteiger charge is 2.26. The van der Waals surface area contributed by atoms with Gasteiger partial charge in [0.25, 0.3) is 0 Å². The van der Waals surface area contributed by atoms with Crippen molar-refractivity contribution >= 4 is 0 Å². The molecule has 0 bridgehead atoms. The third kappa shape index (κ3) is 2.63. The second kappa shape index (κ2) is 5.06. The van der Waals surface area contributed by atoms with E-state index in [9.17, 15) is 0 Å². The van der Waals surface area contributed by atoms with Gasteiger partial charge in [0.1, 0.15) is 0 Å². The highest BCUT2D eigenvalue weighted by atomic mass is 15.3. The van der Waals surface area contributed by atoms with E-state index in [0.717, 1.165) is 32.0 Å². The quantitative estimate of drug-likeness (QED) is 0.849. The van der Waals surface area contributed by atoms with E-state index in [1.807, 2.05) is 0 Å². The van der Waals surface area contributed by atoms with E-state index in [4.69, 9.17) is 5.10 Å². The molecule has 0 amide bonds. The Hall–Kier alpha value is -1.61. The van der Waals surface area contributed by atoms with Gasteiger partial charge in [0.15, 0.2) is 0 Å². The summed E-state index contributed by atoms with van der Waals surface area (Å²) in [5.41, 5.74) is 3.94. The molecule has 0 spiro atoms. The summed E-state index contributed by atoms with van der Waals surface area (Å²) >= 11 is 0. The molecule has 1 aliphatic heterocycles. The summed E-state index contributed by atoms with van der Waals surface area (Å²) in [5.74, 6) is 0.980. The molecule has 104 valence electrons. The standard InChI is InChI=1S/C17H21N3/c1-2-4-14(5-3-1)10-16-11-17-13-19(12-15-6-7-15)8-9-20(17)18-16/h1-5,11,15H,6-10,12-13H2. The molecule has 1 aromatic carbocycles. The third-order valence-corrected chi connectivity index (χ3v) is 4.37. The Morgan fingerprint density at radius 2 is 1.95 bits per heavy atom. The lowest BCUT2D eigenvalue weighted by molar-refractivity contribution is 0.205. The molecule has 0 unspecified atom stereocenters. The molecule has 1 saturated carbocycles. The van der Waals surface area contributed by atoms with E-state index in [0.29, 0.717) is 0 Å². The monoisotopic (exact) mass is 267 g/mol. The molecule has 2 aliphatic rings. The molecule has 0 N–H and O–H groups in total. The summed E-state index contributed by atoms with van der Waals surface area (Å²) < 4.78 is 2.21. The molecule has 20 heavy (non-hydrogen) atoms. The Morgan fingerprint density at radius 1 is 1.10 bits per heavy atom. The normalized spacial score (nSPS) is 19.0. The Balaban J connectivity index is 1.47. The van der Waals surface area contributed by atoms with Gasteiger partial charge in [0.2, 0.25) is 0 Å². The van der Waals surface area contributed by atoms with Gasteiger partial charge in [-0.15, -0.1) is 0 Å². The number of rotatable bonds is 4. The van der Waals surface area contributed by atoms with Gasteiger partial charge in [-0.05, 0) is 30.4 Å². The van der Waals surface area contributed by atoms with Crippen LogP contribution in [0.3, 0.4) is 0 Å². The van der Waals surface area contributed by atoms with Gasteiger partial charge in [-0.1, -0.05) is 30.3 Å². The molecule has 2 heterocycles. The molecule has 2 aromatic rings. The van der Waals surface area contributed by atoms with E-state index in [-0.39, 0.29) is 0 Å². The van der Waals surface area contributed by atoms with Crippen LogP contribution in [0.25, 0.3) is 0 Å². The summed E-state index contributed by atoms with van der Waals surface area (Å²) in [6, 6.07) is 12.9. The van der Waals surface area contributed by atoms with Crippen LogP contribution in [0, 0.1) is 5.92 Å². The predicted molar refractivity (Wildman–Crippen MR) is 79.5 cm³/mol. The summed E-state index contributed by atoms with van der Waals surface area (Å²) in [6.45, 7) is 4.59. The van der Waals surface area contributed by atoms with Crippen LogP contribution in [0.5, 0.6) is 0 Å². The van der Waals surface area contributed by atoms with Gasteiger partial charge < -0.3 is 0 Å². The van der Waals surface area contributed by atoms with Crippen LogP contribution < -0.4 is 0 Å². The zero-order chi connectivity index (χ0) is 13.4. The number of aromatic nitrogens is 2. The van der Waals surface area contributed by atoms with E-state index >= 15 is 0 Å². The predicted octanol–water partition coefficient (Wildman–Crippen LogP) is 2.70. The largest absolute Gasteiger partial charge is 0.295 e. The van der Waals surface area contributed by atoms with Crippen LogP contribution in [-0.4, -0.2) is 27.8 Å². The van der Waals surface area contributed by atoms with Crippen molar-refractivity contribution in [3.8, 4) is 0 Å². The highest BCUT2D eigenvalue weighted by Crippen LogP contribution is 2.30. The van der Waals surface area contributed by atoms with Gasteiger partial charge in [-0.3, -0.25) is 9.58 Å². The van der Waals surface area contributed by atoms with Crippen LogP contribution in [0.4, 0.5) is 0 Å². The molecule has 1 aromatic heterocycles. The summed E-state index contributed by atoms with van der Waals surface area (Å²) in [7, 11) is 0. The molecule has 4 rings (SSSR count). The lowest BCUT2D eigenvalue weighted by atomic mass is 10.1. The fourth-order valence-electron chi connectivity index (χ4n) is 3.09. The summed E-state index contributed by atoms with van der Waals surface area (Å²) in [4.78, 5) is 2.60. The molecule has 3 heteroatoms. The van der Waals surface area contributed by atoms with E-state index in [1.165, 1.54) is 36.3 Å².